The number of anilines is 1. The minimum atomic E-state index is 0.572. The Morgan fingerprint density at radius 1 is 1.00 bits per heavy atom. The van der Waals surface area contributed by atoms with Crippen molar-refractivity contribution in [3.63, 3.8) is 0 Å². The molecular formula is C12H10Br2N2OS. The molecule has 0 amide bonds. The number of nitrogens with two attached hydrogens (primary N) is 2. The number of rotatable bonds is 3. The second-order valence-electron chi connectivity index (χ2n) is 3.49. The molecule has 0 aliphatic heterocycles. The Morgan fingerprint density at radius 3 is 2.44 bits per heavy atom. The summed E-state index contributed by atoms with van der Waals surface area (Å²) < 4.78 is 7.60. The van der Waals surface area contributed by atoms with Gasteiger partial charge < -0.3 is 10.5 Å². The van der Waals surface area contributed by atoms with Crippen molar-refractivity contribution < 1.29 is 4.74 Å². The Bertz CT molecular complexity index is 578. The summed E-state index contributed by atoms with van der Waals surface area (Å²) in [5.74, 6) is 1.29. The summed E-state index contributed by atoms with van der Waals surface area (Å²) in [4.78, 5) is 0.896. The Labute approximate surface area is 126 Å². The minimum Gasteiger partial charge on any atom is -0.454 e. The third-order valence-electron chi connectivity index (χ3n) is 2.23. The highest BCUT2D eigenvalue weighted by atomic mass is 79.9. The van der Waals surface area contributed by atoms with Crippen molar-refractivity contribution >= 4 is 49.5 Å². The van der Waals surface area contributed by atoms with Gasteiger partial charge in [0.2, 0.25) is 0 Å². The molecule has 0 bridgehead atoms. The molecule has 94 valence electrons. The van der Waals surface area contributed by atoms with E-state index in [-0.39, 0.29) is 0 Å². The largest absolute Gasteiger partial charge is 0.454 e. The van der Waals surface area contributed by atoms with Crippen LogP contribution in [-0.2, 0) is 0 Å². The smallest absolute Gasteiger partial charge is 0.151 e. The van der Waals surface area contributed by atoms with Crippen molar-refractivity contribution in [3.8, 4) is 11.5 Å². The van der Waals surface area contributed by atoms with Gasteiger partial charge in [0, 0.05) is 9.37 Å². The maximum Gasteiger partial charge on any atom is 0.151 e. The highest BCUT2D eigenvalue weighted by Gasteiger charge is 2.07. The topological polar surface area (TPSA) is 61.3 Å². The van der Waals surface area contributed by atoms with Crippen molar-refractivity contribution in [2.75, 3.05) is 5.73 Å². The van der Waals surface area contributed by atoms with Crippen LogP contribution in [0.25, 0.3) is 0 Å². The maximum atomic E-state index is 5.87. The van der Waals surface area contributed by atoms with Gasteiger partial charge in [0.1, 0.15) is 5.75 Å². The summed E-state index contributed by atoms with van der Waals surface area (Å²) in [7, 11) is 0. The highest BCUT2D eigenvalue weighted by Crippen LogP contribution is 2.35. The summed E-state index contributed by atoms with van der Waals surface area (Å²) in [6.07, 6.45) is 0. The van der Waals surface area contributed by atoms with Crippen LogP contribution in [0.1, 0.15) is 0 Å². The fourth-order valence-corrected chi connectivity index (χ4v) is 2.80. The van der Waals surface area contributed by atoms with E-state index in [1.165, 1.54) is 0 Å². The molecule has 0 aliphatic rings. The second kappa shape index (κ2) is 5.97. The quantitative estimate of drug-likeness (QED) is 0.597. The first kappa shape index (κ1) is 13.7. The lowest BCUT2D eigenvalue weighted by molar-refractivity contribution is 0.480. The van der Waals surface area contributed by atoms with Gasteiger partial charge in [-0.3, -0.25) is 5.14 Å². The van der Waals surface area contributed by atoms with Gasteiger partial charge in [0.15, 0.2) is 5.75 Å². The molecule has 18 heavy (non-hydrogen) atoms. The van der Waals surface area contributed by atoms with Crippen LogP contribution in [-0.4, -0.2) is 0 Å². The lowest BCUT2D eigenvalue weighted by atomic mass is 10.3. The van der Waals surface area contributed by atoms with E-state index in [1.807, 2.05) is 30.3 Å². The van der Waals surface area contributed by atoms with Crippen LogP contribution in [0.4, 0.5) is 5.69 Å². The number of ether oxygens (including phenoxy) is 1. The third kappa shape index (κ3) is 3.20. The number of halogens is 2. The molecule has 0 aliphatic carbocycles. The number of hydrogen-bond acceptors (Lipinski definition) is 4. The standard InChI is InChI=1S/C12H10Br2N2OS/c13-7-1-4-11(9(14)5-7)17-12-6-8(18-16)2-3-10(12)15/h1-6H,15-16H2. The zero-order chi connectivity index (χ0) is 13.1. The van der Waals surface area contributed by atoms with E-state index in [1.54, 1.807) is 6.07 Å². The van der Waals surface area contributed by atoms with Gasteiger partial charge in [-0.15, -0.1) is 0 Å². The molecule has 2 rings (SSSR count). The molecule has 0 heterocycles. The third-order valence-corrected chi connectivity index (χ3v) is 3.87. The summed E-state index contributed by atoms with van der Waals surface area (Å²) >= 11 is 7.98. The monoisotopic (exact) mass is 388 g/mol. The molecule has 0 spiro atoms. The molecule has 6 heteroatoms. The van der Waals surface area contributed by atoms with Crippen molar-refractivity contribution in [3.05, 3.63) is 45.3 Å². The fourth-order valence-electron chi connectivity index (χ4n) is 1.35. The average Bonchev–Trinajstić information content (AvgIpc) is 2.35. The van der Waals surface area contributed by atoms with E-state index in [0.717, 1.165) is 25.8 Å². The summed E-state index contributed by atoms with van der Waals surface area (Å²) in [5, 5.41) is 5.52. The molecule has 2 aromatic rings. The Kier molecular flexibility index (Phi) is 4.55. The SMILES string of the molecule is NSc1ccc(N)c(Oc2ccc(Br)cc2Br)c1. The van der Waals surface area contributed by atoms with Crippen molar-refractivity contribution in [2.24, 2.45) is 5.14 Å². The normalized spacial score (nSPS) is 10.4. The van der Waals surface area contributed by atoms with Crippen LogP contribution in [0, 0.1) is 0 Å². The molecule has 0 fully saturated rings. The van der Waals surface area contributed by atoms with Gasteiger partial charge in [-0.2, -0.15) is 0 Å². The van der Waals surface area contributed by atoms with Crippen LogP contribution in [0.15, 0.2) is 50.2 Å². The number of nitrogen functional groups attached to an aromatic ring is 1. The van der Waals surface area contributed by atoms with Crippen LogP contribution >= 0.6 is 43.8 Å². The van der Waals surface area contributed by atoms with E-state index in [0.29, 0.717) is 17.2 Å². The van der Waals surface area contributed by atoms with Gasteiger partial charge >= 0.3 is 0 Å². The first-order valence-electron chi connectivity index (χ1n) is 4.99. The lowest BCUT2D eigenvalue weighted by Crippen LogP contribution is -1.93. The van der Waals surface area contributed by atoms with Crippen molar-refractivity contribution in [2.45, 2.75) is 4.90 Å². The maximum absolute atomic E-state index is 5.87. The molecule has 0 atom stereocenters. The highest BCUT2D eigenvalue weighted by molar-refractivity contribution is 9.11. The summed E-state index contributed by atoms with van der Waals surface area (Å²) in [6, 6.07) is 11.1. The Hall–Kier alpha value is -0.690. The van der Waals surface area contributed by atoms with Crippen LogP contribution < -0.4 is 15.6 Å². The van der Waals surface area contributed by atoms with Crippen LogP contribution in [0.2, 0.25) is 0 Å². The first-order valence-corrected chi connectivity index (χ1v) is 7.46. The molecular weight excluding hydrogens is 380 g/mol. The predicted molar refractivity (Wildman–Crippen MR) is 82.8 cm³/mol. The molecule has 4 N–H and O–H groups in total. The van der Waals surface area contributed by atoms with E-state index in [4.69, 9.17) is 15.6 Å². The first-order chi connectivity index (χ1) is 8.60. The van der Waals surface area contributed by atoms with Crippen molar-refractivity contribution in [1.29, 1.82) is 0 Å². The molecule has 2 aromatic carbocycles. The van der Waals surface area contributed by atoms with Crippen LogP contribution in [0.5, 0.6) is 11.5 Å². The molecule has 0 aromatic heterocycles. The van der Waals surface area contributed by atoms with E-state index >= 15 is 0 Å². The fraction of sp³-hybridized carbons (Fsp3) is 0. The lowest BCUT2D eigenvalue weighted by Gasteiger charge is -2.11. The summed E-state index contributed by atoms with van der Waals surface area (Å²) in [5.41, 5.74) is 6.44. The Morgan fingerprint density at radius 2 is 1.78 bits per heavy atom. The minimum absolute atomic E-state index is 0.572. The molecule has 3 nitrogen and oxygen atoms in total. The van der Waals surface area contributed by atoms with E-state index in [2.05, 4.69) is 31.9 Å². The predicted octanol–water partition coefficient (Wildman–Crippen LogP) is 4.55. The average molecular weight is 390 g/mol. The Balaban J connectivity index is 2.33. The number of hydrogen-bond donors (Lipinski definition) is 2. The molecule has 0 saturated heterocycles. The van der Waals surface area contributed by atoms with Crippen molar-refractivity contribution in [1.82, 2.24) is 0 Å². The van der Waals surface area contributed by atoms with E-state index < -0.39 is 0 Å². The van der Waals surface area contributed by atoms with Gasteiger partial charge in [0.05, 0.1) is 10.2 Å². The van der Waals surface area contributed by atoms with Gasteiger partial charge in [0.25, 0.3) is 0 Å². The number of benzene rings is 2. The molecule has 0 saturated carbocycles. The van der Waals surface area contributed by atoms with Gasteiger partial charge in [-0.1, -0.05) is 15.9 Å². The second-order valence-corrected chi connectivity index (χ2v) is 5.97. The zero-order valence-corrected chi connectivity index (χ0v) is 13.2. The van der Waals surface area contributed by atoms with Gasteiger partial charge in [-0.25, -0.2) is 0 Å². The summed E-state index contributed by atoms with van der Waals surface area (Å²) in [6.45, 7) is 0. The van der Waals surface area contributed by atoms with Gasteiger partial charge in [-0.05, 0) is 64.3 Å². The van der Waals surface area contributed by atoms with E-state index in [9.17, 15) is 0 Å². The molecule has 0 unspecified atom stereocenters. The molecule has 0 radical (unpaired) electrons. The van der Waals surface area contributed by atoms with Crippen LogP contribution in [0.3, 0.4) is 0 Å². The zero-order valence-electron chi connectivity index (χ0n) is 9.19.